The van der Waals surface area contributed by atoms with Gasteiger partial charge < -0.3 is 47.4 Å². The van der Waals surface area contributed by atoms with E-state index in [1.807, 2.05) is 55.4 Å². The topological polar surface area (TPSA) is 126 Å². The van der Waals surface area contributed by atoms with Gasteiger partial charge in [-0.3, -0.25) is 0 Å². The number of ether oxygens (including phenoxy) is 10. The van der Waals surface area contributed by atoms with E-state index in [1.54, 1.807) is 20.8 Å². The monoisotopic (exact) mass is 676 g/mol. The van der Waals surface area contributed by atoms with E-state index >= 15 is 0 Å². The average molecular weight is 677 g/mol. The number of rotatable bonds is 29. The fourth-order valence-corrected chi connectivity index (χ4v) is 3.42. The van der Waals surface area contributed by atoms with Crippen molar-refractivity contribution in [1.29, 1.82) is 0 Å². The Labute approximate surface area is 283 Å². The third kappa shape index (κ3) is 25.7. The Morgan fingerprint density at radius 2 is 0.596 bits per heavy atom. The Kier molecular flexibility index (Phi) is 25.0. The molecule has 12 heteroatoms. The normalized spacial score (nSPS) is 17.4. The summed E-state index contributed by atoms with van der Waals surface area (Å²) >= 11 is 0. The average Bonchev–Trinajstić information content (AvgIpc) is 3.02. The first kappa shape index (κ1) is 45.1. The van der Waals surface area contributed by atoms with Crippen LogP contribution in [-0.4, -0.2) is 126 Å². The summed E-state index contributed by atoms with van der Waals surface area (Å²) in [4.78, 5) is 23.0. The second-order valence-corrected chi connectivity index (χ2v) is 12.5. The molecule has 0 aliphatic heterocycles. The Morgan fingerprint density at radius 3 is 0.830 bits per heavy atom. The van der Waals surface area contributed by atoms with Crippen LogP contribution < -0.4 is 0 Å². The van der Waals surface area contributed by atoms with Gasteiger partial charge in [0.2, 0.25) is 0 Å². The van der Waals surface area contributed by atoms with E-state index in [4.69, 9.17) is 47.4 Å². The molecule has 0 amide bonds. The Hall–Kier alpha value is -1.90. The maximum absolute atomic E-state index is 11.6. The third-order valence-corrected chi connectivity index (χ3v) is 6.38. The summed E-state index contributed by atoms with van der Waals surface area (Å²) in [7, 11) is 0. The first-order valence-electron chi connectivity index (χ1n) is 16.6. The number of hydrogen-bond donors (Lipinski definition) is 0. The zero-order valence-corrected chi connectivity index (χ0v) is 30.9. The lowest BCUT2D eigenvalue weighted by atomic mass is 10.3. The van der Waals surface area contributed by atoms with Crippen molar-refractivity contribution in [3.63, 3.8) is 0 Å². The Bertz CT molecular complexity index is 881. The fourth-order valence-electron chi connectivity index (χ4n) is 3.42. The molecule has 0 fully saturated rings. The largest absolute Gasteiger partial charge is 0.460 e. The number of carbonyl (C=O) groups excluding carboxylic acids is 2. The molecule has 12 nitrogen and oxygen atoms in total. The molecule has 0 spiro atoms. The highest BCUT2D eigenvalue weighted by atomic mass is 16.6. The van der Waals surface area contributed by atoms with Crippen LogP contribution in [0.15, 0.2) is 24.3 Å². The molecule has 276 valence electrons. The van der Waals surface area contributed by atoms with Crippen molar-refractivity contribution in [3.8, 4) is 0 Å². The maximum Gasteiger partial charge on any atom is 0.333 e. The van der Waals surface area contributed by atoms with Crippen LogP contribution in [0.2, 0.25) is 0 Å². The van der Waals surface area contributed by atoms with E-state index in [2.05, 4.69) is 13.2 Å². The summed E-state index contributed by atoms with van der Waals surface area (Å²) in [5.74, 6) is -0.849. The molecule has 0 aliphatic rings. The van der Waals surface area contributed by atoms with Crippen molar-refractivity contribution < 1.29 is 57.0 Å². The minimum atomic E-state index is -0.425. The highest BCUT2D eigenvalue weighted by Crippen LogP contribution is 2.07. The van der Waals surface area contributed by atoms with E-state index in [0.717, 1.165) is 0 Å². The highest BCUT2D eigenvalue weighted by molar-refractivity contribution is 5.87. The molecule has 0 aliphatic carbocycles. The van der Waals surface area contributed by atoms with Gasteiger partial charge in [-0.25, -0.2) is 9.59 Å². The Morgan fingerprint density at radius 1 is 0.383 bits per heavy atom. The second kappa shape index (κ2) is 26.0. The van der Waals surface area contributed by atoms with E-state index in [0.29, 0.717) is 57.4 Å². The predicted molar refractivity (Wildman–Crippen MR) is 179 cm³/mol. The van der Waals surface area contributed by atoms with Crippen molar-refractivity contribution in [3.05, 3.63) is 24.3 Å². The third-order valence-electron chi connectivity index (χ3n) is 6.38. The molecule has 0 heterocycles. The van der Waals surface area contributed by atoms with E-state index in [-0.39, 0.29) is 68.1 Å². The number of esters is 2. The summed E-state index contributed by atoms with van der Waals surface area (Å²) in [5, 5.41) is 0. The van der Waals surface area contributed by atoms with Gasteiger partial charge in [0.1, 0.15) is 12.7 Å². The van der Waals surface area contributed by atoms with Crippen molar-refractivity contribution in [2.24, 2.45) is 0 Å². The number of carbonyl (C=O) groups is 2. The molecular weight excluding hydrogens is 612 g/mol. The first-order chi connectivity index (χ1) is 22.0. The molecule has 0 saturated heterocycles. The maximum atomic E-state index is 11.6. The zero-order chi connectivity index (χ0) is 35.9. The molecule has 0 aromatic heterocycles. The van der Waals surface area contributed by atoms with Gasteiger partial charge in [0, 0.05) is 11.1 Å². The molecule has 9 unspecified atom stereocenters. The highest BCUT2D eigenvalue weighted by Gasteiger charge is 2.16. The van der Waals surface area contributed by atoms with E-state index < -0.39 is 11.9 Å². The van der Waals surface area contributed by atoms with Crippen LogP contribution in [0.25, 0.3) is 0 Å². The molecule has 47 heavy (non-hydrogen) atoms. The Balaban J connectivity index is 3.97. The quantitative estimate of drug-likeness (QED) is 0.0794. The van der Waals surface area contributed by atoms with Gasteiger partial charge in [-0.15, -0.1) is 0 Å². The summed E-state index contributed by atoms with van der Waals surface area (Å²) in [6.45, 7) is 30.9. The molecule has 0 aromatic rings. The van der Waals surface area contributed by atoms with E-state index in [9.17, 15) is 9.59 Å². The van der Waals surface area contributed by atoms with Crippen LogP contribution in [0.3, 0.4) is 0 Å². The lowest BCUT2D eigenvalue weighted by Gasteiger charge is -2.23. The molecule has 9 atom stereocenters. The van der Waals surface area contributed by atoms with Crippen molar-refractivity contribution in [1.82, 2.24) is 0 Å². The van der Waals surface area contributed by atoms with Crippen molar-refractivity contribution in [2.45, 2.75) is 131 Å². The first-order valence-corrected chi connectivity index (χ1v) is 16.6. The fraction of sp³-hybridized carbons (Fsp3) is 0.829. The minimum absolute atomic E-state index is 0.111. The lowest BCUT2D eigenvalue weighted by Crippen LogP contribution is -2.30. The molecule has 0 rings (SSSR count). The van der Waals surface area contributed by atoms with Crippen LogP contribution in [-0.2, 0) is 57.0 Å². The smallest absolute Gasteiger partial charge is 0.333 e. The summed E-state index contributed by atoms with van der Waals surface area (Å²) in [5.41, 5.74) is 0.718. The number of hydrogen-bond acceptors (Lipinski definition) is 12. The van der Waals surface area contributed by atoms with Gasteiger partial charge in [-0.2, -0.15) is 0 Å². The van der Waals surface area contributed by atoms with Crippen LogP contribution >= 0.6 is 0 Å². The van der Waals surface area contributed by atoms with Gasteiger partial charge >= 0.3 is 11.9 Å². The van der Waals surface area contributed by atoms with Gasteiger partial charge in [-0.05, 0) is 76.2 Å². The predicted octanol–water partition coefficient (Wildman–Crippen LogP) is 4.85. The lowest BCUT2D eigenvalue weighted by molar-refractivity contribution is -0.148. The minimum Gasteiger partial charge on any atom is -0.460 e. The van der Waals surface area contributed by atoms with Crippen LogP contribution in [0.4, 0.5) is 0 Å². The molecule has 0 saturated carbocycles. The van der Waals surface area contributed by atoms with Gasteiger partial charge in [0.25, 0.3) is 0 Å². The molecule has 0 radical (unpaired) electrons. The van der Waals surface area contributed by atoms with Crippen LogP contribution in [0, 0.1) is 0 Å². The second-order valence-electron chi connectivity index (χ2n) is 12.5. The van der Waals surface area contributed by atoms with Gasteiger partial charge in [0.15, 0.2) is 0 Å². The standard InChI is InChI=1S/C35H64O12/c1-23(2)34(36)46-21-32(12)44-19-30(10)42-17-28(8)40-15-26(6)38-14-25(5)39-16-27(7)41-18-29(9)43-20-31(11)45-22-33(13)47-35(37)24(3)4/h25-33H,1,3,14-22H2,2,4-13H3. The van der Waals surface area contributed by atoms with Crippen molar-refractivity contribution in [2.75, 3.05) is 59.5 Å². The summed E-state index contributed by atoms with van der Waals surface area (Å²) < 4.78 is 56.9. The van der Waals surface area contributed by atoms with Crippen LogP contribution in [0.1, 0.15) is 76.2 Å². The van der Waals surface area contributed by atoms with Crippen molar-refractivity contribution >= 4 is 11.9 Å². The molecule has 0 bridgehead atoms. The molecular formula is C35H64O12. The van der Waals surface area contributed by atoms with E-state index in [1.165, 1.54) is 0 Å². The molecule has 0 N–H and O–H groups in total. The van der Waals surface area contributed by atoms with Gasteiger partial charge in [0.05, 0.1) is 102 Å². The SMILES string of the molecule is C=C(C)C(=O)OCC(C)OCC(C)OCC(C)OCC(C)OCC(C)OCC(C)OCC(C)OCC(C)OCC(C)OC(=O)C(=C)C. The summed E-state index contributed by atoms with van der Waals surface area (Å²) in [6, 6.07) is 0. The van der Waals surface area contributed by atoms with Gasteiger partial charge in [-0.1, -0.05) is 13.2 Å². The zero-order valence-electron chi connectivity index (χ0n) is 30.9. The van der Waals surface area contributed by atoms with Crippen LogP contribution in [0.5, 0.6) is 0 Å². The molecule has 0 aromatic carbocycles. The summed E-state index contributed by atoms with van der Waals surface area (Å²) in [6.07, 6.45) is -1.49.